The van der Waals surface area contributed by atoms with Crippen LogP contribution in [-0.2, 0) is 22.4 Å². The number of halogens is 2. The first-order valence-corrected chi connectivity index (χ1v) is 13.0. The quantitative estimate of drug-likeness (QED) is 0.274. The molecule has 36 heavy (non-hydrogen) atoms. The van der Waals surface area contributed by atoms with Crippen molar-refractivity contribution >= 4 is 58.2 Å². The van der Waals surface area contributed by atoms with Gasteiger partial charge in [-0.25, -0.2) is 0 Å². The number of anilines is 2. The number of carbonyl (C=O) groups is 2. The third kappa shape index (κ3) is 5.44. The number of benzene rings is 3. The number of hydrogen-bond acceptors (Lipinski definition) is 4. The summed E-state index contributed by atoms with van der Waals surface area (Å²) >= 11 is 13.8. The molecule has 8 heteroatoms. The summed E-state index contributed by atoms with van der Waals surface area (Å²) in [7, 11) is 0. The van der Waals surface area contributed by atoms with E-state index in [1.54, 1.807) is 18.2 Å². The van der Waals surface area contributed by atoms with Crippen LogP contribution in [-0.4, -0.2) is 17.1 Å². The van der Waals surface area contributed by atoms with E-state index in [4.69, 9.17) is 23.2 Å². The molecule has 182 valence electrons. The zero-order chi connectivity index (χ0) is 25.8. The van der Waals surface area contributed by atoms with E-state index in [2.05, 4.69) is 5.32 Å². The van der Waals surface area contributed by atoms with Gasteiger partial charge in [-0.1, -0.05) is 78.3 Å². The van der Waals surface area contributed by atoms with Crippen molar-refractivity contribution in [1.82, 2.24) is 0 Å². The van der Waals surface area contributed by atoms with E-state index in [0.717, 1.165) is 23.1 Å². The Morgan fingerprint density at radius 1 is 1.11 bits per heavy atom. The molecule has 0 radical (unpaired) electrons. The summed E-state index contributed by atoms with van der Waals surface area (Å²) in [6.45, 7) is 3.96. The number of nitrogens with one attached hydrogen (secondary N) is 1. The molecule has 1 fully saturated rings. The van der Waals surface area contributed by atoms with Gasteiger partial charge in [0, 0.05) is 11.4 Å². The van der Waals surface area contributed by atoms with Crippen molar-refractivity contribution in [1.29, 1.82) is 5.26 Å². The second-order valence-corrected chi connectivity index (χ2v) is 10.3. The van der Waals surface area contributed by atoms with Gasteiger partial charge in [0.05, 0.1) is 15.3 Å². The third-order valence-electron chi connectivity index (χ3n) is 5.82. The number of rotatable bonds is 6. The number of nitriles is 1. The van der Waals surface area contributed by atoms with Crippen LogP contribution in [0.5, 0.6) is 0 Å². The van der Waals surface area contributed by atoms with Crippen molar-refractivity contribution in [2.75, 3.05) is 10.2 Å². The maximum absolute atomic E-state index is 13.7. The highest BCUT2D eigenvalue weighted by Gasteiger charge is 2.41. The summed E-state index contributed by atoms with van der Waals surface area (Å²) in [4.78, 5) is 28.3. The topological polar surface area (TPSA) is 73.2 Å². The number of amides is 2. The standard InChI is InChI=1S/C28H23Cl2N3O2S/c1-3-18-10-12-21(13-11-18)33-27(35)24(15-19-7-5-9-23(29)25(19)30)36-28(33)22(16-31)26(34)32-20-8-4-6-17(2)14-20/h4-14,24H,3,15H2,1-2H3,(H,32,34)/b28-22-. The van der Waals surface area contributed by atoms with Crippen LogP contribution in [0.15, 0.2) is 77.3 Å². The van der Waals surface area contributed by atoms with Crippen molar-refractivity contribution in [3.8, 4) is 6.07 Å². The minimum atomic E-state index is -0.586. The van der Waals surface area contributed by atoms with Crippen LogP contribution < -0.4 is 10.2 Å². The Morgan fingerprint density at radius 3 is 2.50 bits per heavy atom. The van der Waals surface area contributed by atoms with Crippen molar-refractivity contribution in [2.45, 2.75) is 31.9 Å². The summed E-state index contributed by atoms with van der Waals surface area (Å²) in [5.41, 5.74) is 3.85. The summed E-state index contributed by atoms with van der Waals surface area (Å²) in [6.07, 6.45) is 1.15. The molecule has 1 unspecified atom stereocenters. The Kier molecular flexibility index (Phi) is 8.05. The molecule has 1 saturated heterocycles. The SMILES string of the molecule is CCc1ccc(N2C(=O)C(Cc3cccc(Cl)c3Cl)S/C2=C(/C#N)C(=O)Nc2cccc(C)c2)cc1. The lowest BCUT2D eigenvalue weighted by molar-refractivity contribution is -0.117. The number of thioether (sulfide) groups is 1. The molecular formula is C28H23Cl2N3O2S. The molecule has 0 aliphatic carbocycles. The highest BCUT2D eigenvalue weighted by molar-refractivity contribution is 8.05. The predicted molar refractivity (Wildman–Crippen MR) is 147 cm³/mol. The average molecular weight is 536 g/mol. The van der Waals surface area contributed by atoms with Gasteiger partial charge in [-0.15, -0.1) is 0 Å². The molecule has 1 aliphatic rings. The normalized spacial score (nSPS) is 16.6. The van der Waals surface area contributed by atoms with Crippen molar-refractivity contribution in [3.63, 3.8) is 0 Å². The Balaban J connectivity index is 1.75. The maximum atomic E-state index is 13.7. The summed E-state index contributed by atoms with van der Waals surface area (Å²) in [5.74, 6) is -0.804. The van der Waals surface area contributed by atoms with E-state index in [1.165, 1.54) is 16.7 Å². The van der Waals surface area contributed by atoms with Gasteiger partial charge in [-0.3, -0.25) is 14.5 Å². The predicted octanol–water partition coefficient (Wildman–Crippen LogP) is 6.93. The smallest absolute Gasteiger partial charge is 0.269 e. The molecule has 2 amide bonds. The van der Waals surface area contributed by atoms with Gasteiger partial charge in [0.25, 0.3) is 5.91 Å². The monoisotopic (exact) mass is 535 g/mol. The second-order valence-electron chi connectivity index (χ2n) is 8.33. The molecule has 1 N–H and O–H groups in total. The number of hydrogen-bond donors (Lipinski definition) is 1. The van der Waals surface area contributed by atoms with Crippen LogP contribution in [0.4, 0.5) is 11.4 Å². The first-order chi connectivity index (χ1) is 17.3. The third-order valence-corrected chi connectivity index (χ3v) is 7.94. The first kappa shape index (κ1) is 25.8. The van der Waals surface area contributed by atoms with Crippen molar-refractivity contribution in [2.24, 2.45) is 0 Å². The van der Waals surface area contributed by atoms with Crippen LogP contribution in [0.1, 0.15) is 23.6 Å². The number of nitrogens with zero attached hydrogens (tertiary/aromatic N) is 2. The highest BCUT2D eigenvalue weighted by atomic mass is 35.5. The molecular weight excluding hydrogens is 513 g/mol. The number of aryl methyl sites for hydroxylation is 2. The Morgan fingerprint density at radius 2 is 1.83 bits per heavy atom. The molecule has 0 aromatic heterocycles. The lowest BCUT2D eigenvalue weighted by Crippen LogP contribution is -2.31. The molecule has 5 nitrogen and oxygen atoms in total. The van der Waals surface area contributed by atoms with Gasteiger partial charge >= 0.3 is 0 Å². The van der Waals surface area contributed by atoms with E-state index in [9.17, 15) is 14.9 Å². The van der Waals surface area contributed by atoms with E-state index in [0.29, 0.717) is 32.9 Å². The van der Waals surface area contributed by atoms with Gasteiger partial charge in [0.2, 0.25) is 5.91 Å². The van der Waals surface area contributed by atoms with E-state index in [1.807, 2.05) is 68.4 Å². The first-order valence-electron chi connectivity index (χ1n) is 11.4. The molecule has 1 atom stereocenters. The highest BCUT2D eigenvalue weighted by Crippen LogP contribution is 2.43. The maximum Gasteiger partial charge on any atom is 0.269 e. The van der Waals surface area contributed by atoms with Gasteiger partial charge in [0.1, 0.15) is 16.7 Å². The Labute approximate surface area is 224 Å². The molecule has 3 aromatic carbocycles. The van der Waals surface area contributed by atoms with E-state index in [-0.39, 0.29) is 11.5 Å². The van der Waals surface area contributed by atoms with Gasteiger partial charge in [-0.2, -0.15) is 5.26 Å². The molecule has 0 bridgehead atoms. The lowest BCUT2D eigenvalue weighted by Gasteiger charge is -2.19. The zero-order valence-electron chi connectivity index (χ0n) is 19.7. The largest absolute Gasteiger partial charge is 0.321 e. The molecule has 0 spiro atoms. The summed E-state index contributed by atoms with van der Waals surface area (Å²) < 4.78 is 0. The number of carbonyl (C=O) groups excluding carboxylic acids is 2. The van der Waals surface area contributed by atoms with Crippen LogP contribution in [0.2, 0.25) is 10.0 Å². The van der Waals surface area contributed by atoms with Crippen LogP contribution >= 0.6 is 35.0 Å². The Hall–Kier alpha value is -3.24. The fourth-order valence-electron chi connectivity index (χ4n) is 3.92. The molecule has 1 aliphatic heterocycles. The van der Waals surface area contributed by atoms with Crippen molar-refractivity contribution < 1.29 is 9.59 Å². The zero-order valence-corrected chi connectivity index (χ0v) is 22.0. The fraction of sp³-hybridized carbons (Fsp3) is 0.179. The molecule has 1 heterocycles. The van der Waals surface area contributed by atoms with Crippen LogP contribution in [0.25, 0.3) is 0 Å². The van der Waals surface area contributed by atoms with Crippen LogP contribution in [0, 0.1) is 18.3 Å². The summed E-state index contributed by atoms with van der Waals surface area (Å²) in [5, 5.41) is 13.3. The van der Waals surface area contributed by atoms with Gasteiger partial charge < -0.3 is 5.32 Å². The van der Waals surface area contributed by atoms with Gasteiger partial charge in [-0.05, 0) is 66.8 Å². The van der Waals surface area contributed by atoms with E-state index >= 15 is 0 Å². The minimum absolute atomic E-state index is 0.130. The Bertz CT molecular complexity index is 1400. The summed E-state index contributed by atoms with van der Waals surface area (Å²) in [6, 6.07) is 22.2. The lowest BCUT2D eigenvalue weighted by atomic mass is 10.1. The minimum Gasteiger partial charge on any atom is -0.321 e. The van der Waals surface area contributed by atoms with Crippen LogP contribution in [0.3, 0.4) is 0 Å². The fourth-order valence-corrected chi connectivity index (χ4v) is 5.62. The van der Waals surface area contributed by atoms with E-state index < -0.39 is 11.2 Å². The van der Waals surface area contributed by atoms with Gasteiger partial charge in [0.15, 0.2) is 0 Å². The van der Waals surface area contributed by atoms with Crippen molar-refractivity contribution in [3.05, 3.63) is 104 Å². The molecule has 3 aromatic rings. The second kappa shape index (κ2) is 11.2. The molecule has 4 rings (SSSR count). The average Bonchev–Trinajstić information content (AvgIpc) is 3.17. The molecule has 0 saturated carbocycles.